The highest BCUT2D eigenvalue weighted by Gasteiger charge is 2.42. The number of rotatable bonds is 1. The van der Waals surface area contributed by atoms with Gasteiger partial charge in [-0.3, -0.25) is 0 Å². The molecule has 70 valence electrons. The average Bonchev–Trinajstić information content (AvgIpc) is 2.80. The van der Waals surface area contributed by atoms with Crippen LogP contribution in [0.4, 0.5) is 4.39 Å². The first-order chi connectivity index (χ1) is 6.03. The first kappa shape index (κ1) is 8.97. The van der Waals surface area contributed by atoms with E-state index in [4.69, 9.17) is 5.11 Å². The Morgan fingerprint density at radius 2 is 2.00 bits per heavy atom. The molecule has 1 saturated carbocycles. The van der Waals surface area contributed by atoms with Crippen LogP contribution in [0.25, 0.3) is 0 Å². The molecule has 1 aliphatic rings. The highest BCUT2D eigenvalue weighted by molar-refractivity contribution is 9.10. The summed E-state index contributed by atoms with van der Waals surface area (Å²) in [6, 6.07) is 2.72. The normalized spacial score (nSPS) is 18.7. The molecule has 0 atom stereocenters. The van der Waals surface area contributed by atoms with Gasteiger partial charge in [-0.1, -0.05) is 0 Å². The van der Waals surface area contributed by atoms with Crippen LogP contribution in [0.2, 0.25) is 0 Å². The zero-order valence-corrected chi connectivity index (χ0v) is 8.31. The third-order valence-electron chi connectivity index (χ3n) is 2.28. The molecule has 2 N–H and O–H groups in total. The summed E-state index contributed by atoms with van der Waals surface area (Å²) >= 11 is 3.02. The van der Waals surface area contributed by atoms with E-state index in [1.807, 2.05) is 0 Å². The van der Waals surface area contributed by atoms with E-state index < -0.39 is 17.2 Å². The molecule has 0 heterocycles. The van der Waals surface area contributed by atoms with Crippen molar-refractivity contribution in [2.45, 2.75) is 18.4 Å². The summed E-state index contributed by atoms with van der Waals surface area (Å²) in [6.45, 7) is 0. The number of aliphatic hydroxyl groups is 1. The number of phenolic OH excluding ortho intramolecular Hbond substituents is 1. The van der Waals surface area contributed by atoms with Crippen LogP contribution in [0, 0.1) is 5.82 Å². The van der Waals surface area contributed by atoms with E-state index in [-0.39, 0.29) is 4.47 Å². The molecule has 0 aliphatic heterocycles. The molecule has 1 aromatic rings. The van der Waals surface area contributed by atoms with Crippen LogP contribution in [0.1, 0.15) is 18.4 Å². The van der Waals surface area contributed by atoms with Crippen molar-refractivity contribution in [3.8, 4) is 5.75 Å². The summed E-state index contributed by atoms with van der Waals surface area (Å²) in [7, 11) is 0. The Bertz CT molecular complexity index is 338. The van der Waals surface area contributed by atoms with Gasteiger partial charge in [0.1, 0.15) is 0 Å². The van der Waals surface area contributed by atoms with E-state index in [1.54, 1.807) is 6.07 Å². The Hall–Kier alpha value is -0.610. The first-order valence-corrected chi connectivity index (χ1v) is 4.73. The highest BCUT2D eigenvalue weighted by Crippen LogP contribution is 2.47. The van der Waals surface area contributed by atoms with Crippen molar-refractivity contribution in [2.24, 2.45) is 0 Å². The lowest BCUT2D eigenvalue weighted by Crippen LogP contribution is -2.04. The minimum absolute atomic E-state index is 0.280. The standard InChI is InChI=1S/C9H8BrFO2/c10-6-3-5(9(13)1-2-9)4-7(11)8(6)12/h3-4,12-13H,1-2H2. The Labute approximate surface area is 83.1 Å². The van der Waals surface area contributed by atoms with Crippen molar-refractivity contribution >= 4 is 15.9 Å². The summed E-state index contributed by atoms with van der Waals surface area (Å²) < 4.78 is 13.3. The van der Waals surface area contributed by atoms with Crippen LogP contribution in [-0.2, 0) is 5.60 Å². The van der Waals surface area contributed by atoms with Gasteiger partial charge in [0.2, 0.25) is 0 Å². The molecule has 0 radical (unpaired) electrons. The summed E-state index contributed by atoms with van der Waals surface area (Å²) in [5.41, 5.74) is -0.341. The lowest BCUT2D eigenvalue weighted by molar-refractivity contribution is 0.151. The molecule has 1 fully saturated rings. The minimum Gasteiger partial charge on any atom is -0.504 e. The maximum atomic E-state index is 13.0. The second kappa shape index (κ2) is 2.69. The minimum atomic E-state index is -0.864. The largest absolute Gasteiger partial charge is 0.504 e. The van der Waals surface area contributed by atoms with Crippen LogP contribution in [0.15, 0.2) is 16.6 Å². The maximum absolute atomic E-state index is 13.0. The van der Waals surface area contributed by atoms with Crippen molar-refractivity contribution < 1.29 is 14.6 Å². The predicted octanol–water partition coefficient (Wildman–Crippen LogP) is 2.28. The van der Waals surface area contributed by atoms with Gasteiger partial charge in [-0.15, -0.1) is 0 Å². The van der Waals surface area contributed by atoms with Gasteiger partial charge in [0, 0.05) is 0 Å². The molecule has 0 unspecified atom stereocenters. The molecule has 1 aliphatic carbocycles. The van der Waals surface area contributed by atoms with Gasteiger partial charge in [-0.05, 0) is 46.5 Å². The Morgan fingerprint density at radius 3 is 2.46 bits per heavy atom. The second-order valence-corrected chi connectivity index (χ2v) is 4.17. The summed E-state index contributed by atoms with van der Waals surface area (Å²) in [4.78, 5) is 0. The van der Waals surface area contributed by atoms with E-state index in [2.05, 4.69) is 15.9 Å². The lowest BCUT2D eigenvalue weighted by Gasteiger charge is -2.09. The zero-order valence-electron chi connectivity index (χ0n) is 6.72. The number of halogens is 2. The van der Waals surface area contributed by atoms with Crippen LogP contribution >= 0.6 is 15.9 Å². The van der Waals surface area contributed by atoms with Crippen LogP contribution in [0.3, 0.4) is 0 Å². The molecular weight excluding hydrogens is 239 g/mol. The van der Waals surface area contributed by atoms with Crippen molar-refractivity contribution in [1.29, 1.82) is 0 Å². The Morgan fingerprint density at radius 1 is 1.38 bits per heavy atom. The molecule has 13 heavy (non-hydrogen) atoms. The fourth-order valence-corrected chi connectivity index (χ4v) is 1.68. The zero-order chi connectivity index (χ0) is 9.64. The van der Waals surface area contributed by atoms with Gasteiger partial charge in [-0.2, -0.15) is 0 Å². The molecule has 4 heteroatoms. The fraction of sp³-hybridized carbons (Fsp3) is 0.333. The monoisotopic (exact) mass is 246 g/mol. The van der Waals surface area contributed by atoms with Crippen molar-refractivity contribution in [2.75, 3.05) is 0 Å². The van der Waals surface area contributed by atoms with Gasteiger partial charge in [0.25, 0.3) is 0 Å². The van der Waals surface area contributed by atoms with Crippen LogP contribution < -0.4 is 0 Å². The number of aromatic hydroxyl groups is 1. The highest BCUT2D eigenvalue weighted by atomic mass is 79.9. The SMILES string of the molecule is Oc1c(F)cc(C2(O)CC2)cc1Br. The van der Waals surface area contributed by atoms with E-state index in [9.17, 15) is 9.50 Å². The first-order valence-electron chi connectivity index (χ1n) is 3.94. The summed E-state index contributed by atoms with van der Waals surface area (Å²) in [5, 5.41) is 18.8. The predicted molar refractivity (Wildman–Crippen MR) is 48.9 cm³/mol. The van der Waals surface area contributed by atoms with E-state index >= 15 is 0 Å². The van der Waals surface area contributed by atoms with Crippen LogP contribution in [-0.4, -0.2) is 10.2 Å². The third kappa shape index (κ3) is 1.44. The van der Waals surface area contributed by atoms with E-state index in [0.29, 0.717) is 18.4 Å². The molecule has 1 aromatic carbocycles. The average molecular weight is 247 g/mol. The number of hydrogen-bond donors (Lipinski definition) is 2. The molecule has 0 spiro atoms. The summed E-state index contributed by atoms with van der Waals surface area (Å²) in [5.74, 6) is -1.11. The van der Waals surface area contributed by atoms with Gasteiger partial charge in [0.15, 0.2) is 11.6 Å². The number of benzene rings is 1. The smallest absolute Gasteiger partial charge is 0.166 e. The molecule has 2 nitrogen and oxygen atoms in total. The molecule has 0 aromatic heterocycles. The number of phenols is 1. The molecule has 0 bridgehead atoms. The van der Waals surface area contributed by atoms with E-state index in [0.717, 1.165) is 0 Å². The Kier molecular flexibility index (Phi) is 1.85. The van der Waals surface area contributed by atoms with Crippen molar-refractivity contribution in [3.63, 3.8) is 0 Å². The number of hydrogen-bond acceptors (Lipinski definition) is 2. The quantitative estimate of drug-likeness (QED) is 0.799. The summed E-state index contributed by atoms with van der Waals surface area (Å²) in [6.07, 6.45) is 1.31. The molecule has 0 amide bonds. The maximum Gasteiger partial charge on any atom is 0.166 e. The van der Waals surface area contributed by atoms with Gasteiger partial charge >= 0.3 is 0 Å². The molecular formula is C9H8BrFO2. The van der Waals surface area contributed by atoms with Gasteiger partial charge in [0.05, 0.1) is 10.1 Å². The lowest BCUT2D eigenvalue weighted by atomic mass is 10.1. The topological polar surface area (TPSA) is 40.5 Å². The van der Waals surface area contributed by atoms with Crippen molar-refractivity contribution in [3.05, 3.63) is 28.0 Å². The van der Waals surface area contributed by atoms with Crippen LogP contribution in [0.5, 0.6) is 5.75 Å². The van der Waals surface area contributed by atoms with E-state index in [1.165, 1.54) is 6.07 Å². The molecule has 0 saturated heterocycles. The fourth-order valence-electron chi connectivity index (χ4n) is 1.24. The molecule has 2 rings (SSSR count). The van der Waals surface area contributed by atoms with Gasteiger partial charge in [-0.25, -0.2) is 4.39 Å². The van der Waals surface area contributed by atoms with Gasteiger partial charge < -0.3 is 10.2 Å². The van der Waals surface area contributed by atoms with Crippen molar-refractivity contribution in [1.82, 2.24) is 0 Å². The Balaban J connectivity index is 2.50. The second-order valence-electron chi connectivity index (χ2n) is 3.32. The third-order valence-corrected chi connectivity index (χ3v) is 2.88.